The van der Waals surface area contributed by atoms with Crippen molar-refractivity contribution in [1.29, 1.82) is 0 Å². The van der Waals surface area contributed by atoms with Crippen LogP contribution in [0.25, 0.3) is 0 Å². The van der Waals surface area contributed by atoms with Crippen molar-refractivity contribution in [3.8, 4) is 17.2 Å². The van der Waals surface area contributed by atoms with E-state index in [9.17, 15) is 9.90 Å². The topological polar surface area (TPSA) is 89.3 Å². The molecule has 2 heterocycles. The van der Waals surface area contributed by atoms with Gasteiger partial charge in [0.15, 0.2) is 11.5 Å². The Kier molecular flexibility index (Phi) is 9.48. The second kappa shape index (κ2) is 13.0. The molecule has 1 saturated heterocycles. The SMILES string of the molecule is COc1ccc(CN2CCN(C(C)=O)C[C@@](O)(COc3ccc(C)cc3)C2)cc1OCCCn1cc(C)cn1. The summed E-state index contributed by atoms with van der Waals surface area (Å²) in [6.45, 7) is 9.33. The fraction of sp³-hybridized carbons (Fsp3) is 0.467. The van der Waals surface area contributed by atoms with Crippen molar-refractivity contribution in [3.63, 3.8) is 0 Å². The van der Waals surface area contributed by atoms with Gasteiger partial charge in [0, 0.05) is 52.3 Å². The van der Waals surface area contributed by atoms with Crippen LogP contribution < -0.4 is 14.2 Å². The molecule has 0 bridgehead atoms. The first-order chi connectivity index (χ1) is 18.7. The fourth-order valence-corrected chi connectivity index (χ4v) is 4.78. The van der Waals surface area contributed by atoms with Crippen LogP contribution in [0.4, 0.5) is 0 Å². The van der Waals surface area contributed by atoms with Crippen LogP contribution in [0.5, 0.6) is 17.2 Å². The molecule has 1 aromatic heterocycles. The minimum Gasteiger partial charge on any atom is -0.493 e. The second-order valence-electron chi connectivity index (χ2n) is 10.4. The molecule has 0 spiro atoms. The molecule has 2 aromatic carbocycles. The summed E-state index contributed by atoms with van der Waals surface area (Å²) in [5.74, 6) is 2.00. The number of carbonyl (C=O) groups is 1. The van der Waals surface area contributed by atoms with Gasteiger partial charge >= 0.3 is 0 Å². The van der Waals surface area contributed by atoms with Crippen LogP contribution >= 0.6 is 0 Å². The van der Waals surface area contributed by atoms with E-state index in [4.69, 9.17) is 14.2 Å². The highest BCUT2D eigenvalue weighted by molar-refractivity contribution is 5.73. The van der Waals surface area contributed by atoms with Gasteiger partial charge in [0.25, 0.3) is 0 Å². The zero-order valence-electron chi connectivity index (χ0n) is 23.4. The van der Waals surface area contributed by atoms with Gasteiger partial charge in [-0.15, -0.1) is 0 Å². The number of hydrogen-bond donors (Lipinski definition) is 1. The fourth-order valence-electron chi connectivity index (χ4n) is 4.78. The van der Waals surface area contributed by atoms with E-state index in [1.165, 1.54) is 6.92 Å². The molecule has 9 nitrogen and oxygen atoms in total. The average molecular weight is 537 g/mol. The van der Waals surface area contributed by atoms with Crippen LogP contribution in [0, 0.1) is 13.8 Å². The molecule has 210 valence electrons. The lowest BCUT2D eigenvalue weighted by molar-refractivity contribution is -0.132. The largest absolute Gasteiger partial charge is 0.493 e. The van der Waals surface area contributed by atoms with Crippen molar-refractivity contribution in [2.45, 2.75) is 45.9 Å². The van der Waals surface area contributed by atoms with E-state index in [1.807, 2.05) is 73.4 Å². The lowest BCUT2D eigenvalue weighted by atomic mass is 10.0. The predicted octanol–water partition coefficient (Wildman–Crippen LogP) is 3.45. The van der Waals surface area contributed by atoms with Gasteiger partial charge in [0.2, 0.25) is 5.91 Å². The van der Waals surface area contributed by atoms with Gasteiger partial charge in [-0.3, -0.25) is 14.4 Å². The Bertz CT molecular complexity index is 1230. The Hall–Kier alpha value is -3.56. The maximum absolute atomic E-state index is 12.3. The first kappa shape index (κ1) is 28.4. The number of aliphatic hydroxyl groups is 1. The monoisotopic (exact) mass is 536 g/mol. The minimum absolute atomic E-state index is 0.0592. The molecule has 0 saturated carbocycles. The lowest BCUT2D eigenvalue weighted by Gasteiger charge is -2.32. The quantitative estimate of drug-likeness (QED) is 0.376. The number of aromatic nitrogens is 2. The molecule has 0 unspecified atom stereocenters. The summed E-state index contributed by atoms with van der Waals surface area (Å²) in [6.07, 6.45) is 4.68. The molecule has 9 heteroatoms. The van der Waals surface area contributed by atoms with Crippen LogP contribution in [0.15, 0.2) is 54.9 Å². The number of hydrogen-bond acceptors (Lipinski definition) is 7. The third-order valence-electron chi connectivity index (χ3n) is 6.85. The molecule has 3 aromatic rings. The Morgan fingerprint density at radius 2 is 1.82 bits per heavy atom. The summed E-state index contributed by atoms with van der Waals surface area (Å²) in [5.41, 5.74) is 2.09. The summed E-state index contributed by atoms with van der Waals surface area (Å²) in [6, 6.07) is 13.6. The number of amides is 1. The number of rotatable bonds is 11. The second-order valence-corrected chi connectivity index (χ2v) is 10.4. The van der Waals surface area contributed by atoms with Gasteiger partial charge in [-0.1, -0.05) is 23.8 Å². The zero-order valence-corrected chi connectivity index (χ0v) is 23.4. The smallest absolute Gasteiger partial charge is 0.219 e. The Morgan fingerprint density at radius 3 is 2.51 bits per heavy atom. The first-order valence-electron chi connectivity index (χ1n) is 13.4. The van der Waals surface area contributed by atoms with Gasteiger partial charge in [-0.2, -0.15) is 5.10 Å². The zero-order chi connectivity index (χ0) is 27.8. The highest BCUT2D eigenvalue weighted by Gasteiger charge is 2.37. The van der Waals surface area contributed by atoms with Crippen LogP contribution in [0.1, 0.15) is 30.0 Å². The summed E-state index contributed by atoms with van der Waals surface area (Å²) < 4.78 is 19.5. The number of aryl methyl sites for hydroxylation is 3. The minimum atomic E-state index is -1.22. The molecular weight excluding hydrogens is 496 g/mol. The Labute approximate surface area is 230 Å². The van der Waals surface area contributed by atoms with E-state index in [1.54, 1.807) is 12.0 Å². The van der Waals surface area contributed by atoms with Crippen molar-refractivity contribution in [2.75, 3.05) is 46.5 Å². The number of methoxy groups -OCH3 is 1. The normalized spacial score (nSPS) is 18.0. The summed E-state index contributed by atoms with van der Waals surface area (Å²) in [5, 5.41) is 15.9. The summed E-state index contributed by atoms with van der Waals surface area (Å²) in [7, 11) is 1.63. The van der Waals surface area contributed by atoms with Crippen LogP contribution in [0.2, 0.25) is 0 Å². The van der Waals surface area contributed by atoms with E-state index >= 15 is 0 Å². The average Bonchev–Trinajstić information content (AvgIpc) is 3.25. The highest BCUT2D eigenvalue weighted by Crippen LogP contribution is 2.29. The van der Waals surface area contributed by atoms with Gasteiger partial charge in [-0.25, -0.2) is 0 Å². The van der Waals surface area contributed by atoms with Gasteiger partial charge in [0.05, 0.1) is 26.5 Å². The van der Waals surface area contributed by atoms with Crippen molar-refractivity contribution >= 4 is 5.91 Å². The van der Waals surface area contributed by atoms with Crippen molar-refractivity contribution in [2.24, 2.45) is 0 Å². The van der Waals surface area contributed by atoms with Crippen molar-refractivity contribution in [1.82, 2.24) is 19.6 Å². The molecule has 0 radical (unpaired) electrons. The number of ether oxygens (including phenoxy) is 3. The summed E-state index contributed by atoms with van der Waals surface area (Å²) in [4.78, 5) is 16.1. The molecule has 4 rings (SSSR count). The van der Waals surface area contributed by atoms with Gasteiger partial charge in [-0.05, 0) is 49.2 Å². The maximum Gasteiger partial charge on any atom is 0.219 e. The summed E-state index contributed by atoms with van der Waals surface area (Å²) >= 11 is 0. The standard InChI is InChI=1S/C30H40N4O5/c1-23-6-9-27(10-7-23)39-22-30(36)20-32(13-14-33(21-30)25(3)35)19-26-8-11-28(37-4)29(16-26)38-15-5-12-34-18-24(2)17-31-34/h6-11,16-18,36H,5,12-15,19-22H2,1-4H3/t30-/m1/s1. The van der Waals surface area contributed by atoms with E-state index in [0.29, 0.717) is 50.0 Å². The van der Waals surface area contributed by atoms with Crippen LogP contribution in [0.3, 0.4) is 0 Å². The molecule has 39 heavy (non-hydrogen) atoms. The third kappa shape index (κ3) is 8.21. The Balaban J connectivity index is 1.41. The molecule has 1 N–H and O–H groups in total. The number of benzene rings is 2. The Morgan fingerprint density at radius 1 is 1.03 bits per heavy atom. The van der Waals surface area contributed by atoms with E-state index in [-0.39, 0.29) is 19.1 Å². The lowest BCUT2D eigenvalue weighted by Crippen LogP contribution is -2.51. The van der Waals surface area contributed by atoms with Gasteiger partial charge < -0.3 is 24.2 Å². The van der Waals surface area contributed by atoms with E-state index < -0.39 is 5.60 Å². The number of nitrogens with zero attached hydrogens (tertiary/aromatic N) is 4. The van der Waals surface area contributed by atoms with Crippen molar-refractivity contribution in [3.05, 3.63) is 71.5 Å². The van der Waals surface area contributed by atoms with Crippen LogP contribution in [-0.4, -0.2) is 82.7 Å². The van der Waals surface area contributed by atoms with Crippen LogP contribution in [-0.2, 0) is 17.9 Å². The maximum atomic E-state index is 12.3. The molecule has 1 atom stereocenters. The number of β-amino-alcohol motifs (C(OH)–C–C–N with tert-alkyl or cyclic N) is 1. The molecule has 1 aliphatic heterocycles. The van der Waals surface area contributed by atoms with Crippen molar-refractivity contribution < 1.29 is 24.1 Å². The molecule has 0 aliphatic carbocycles. The third-order valence-corrected chi connectivity index (χ3v) is 6.85. The predicted molar refractivity (Wildman–Crippen MR) is 149 cm³/mol. The van der Waals surface area contributed by atoms with Gasteiger partial charge in [0.1, 0.15) is 18.0 Å². The van der Waals surface area contributed by atoms with E-state index in [0.717, 1.165) is 29.7 Å². The molecular formula is C30H40N4O5. The molecule has 1 fully saturated rings. The highest BCUT2D eigenvalue weighted by atomic mass is 16.5. The van der Waals surface area contributed by atoms with E-state index in [2.05, 4.69) is 10.00 Å². The first-order valence-corrected chi connectivity index (χ1v) is 13.4. The molecule has 1 amide bonds. The number of carbonyl (C=O) groups excluding carboxylic acids is 1. The molecule has 1 aliphatic rings.